The number of anilines is 4. The highest BCUT2D eigenvalue weighted by Crippen LogP contribution is 2.35. The van der Waals surface area contributed by atoms with Gasteiger partial charge < -0.3 is 36.5 Å². The van der Waals surface area contributed by atoms with E-state index in [1.807, 2.05) is 0 Å². The van der Waals surface area contributed by atoms with Gasteiger partial charge in [0.2, 0.25) is 5.95 Å². The first-order valence-corrected chi connectivity index (χ1v) is 16.5. The van der Waals surface area contributed by atoms with E-state index in [-0.39, 0.29) is 42.9 Å². The molecule has 2 heterocycles. The highest BCUT2D eigenvalue weighted by Gasteiger charge is 2.31. The maximum atomic E-state index is 13.0. The normalized spacial score (nSPS) is 15.7. The van der Waals surface area contributed by atoms with Crippen molar-refractivity contribution in [3.05, 3.63) is 33.9 Å². The summed E-state index contributed by atoms with van der Waals surface area (Å²) in [5.74, 6) is -0.995. The van der Waals surface area contributed by atoms with Crippen LogP contribution in [0.1, 0.15) is 49.2 Å². The molecule has 3 atom stereocenters. The quantitative estimate of drug-likeness (QED) is 0.162. The molecular weight excluding hydrogens is 742 g/mol. The lowest BCUT2D eigenvalue weighted by molar-refractivity contribution is -0.146. The molecule has 1 aromatic carbocycles. The Hall–Kier alpha value is -2.65. The number of aryl methyl sites for hydroxylation is 1. The average molecular weight is 778 g/mol. The number of nitrogens with one attached hydrogen (secondary N) is 2. The molecule has 0 radical (unpaired) electrons. The average Bonchev–Trinajstić information content (AvgIpc) is 2.94. The van der Waals surface area contributed by atoms with Gasteiger partial charge in [-0.1, -0.05) is 31.9 Å². The topological polar surface area (TPSA) is 175 Å². The maximum Gasteiger partial charge on any atom is 0.328 e. The molecule has 0 bridgehead atoms. The molecule has 15 heteroatoms. The van der Waals surface area contributed by atoms with Crippen molar-refractivity contribution in [2.75, 3.05) is 53.3 Å². The van der Waals surface area contributed by atoms with Crippen molar-refractivity contribution in [2.45, 2.75) is 56.4 Å². The van der Waals surface area contributed by atoms with Crippen LogP contribution in [-0.2, 0) is 25.5 Å². The lowest BCUT2D eigenvalue weighted by Gasteiger charge is -2.40. The van der Waals surface area contributed by atoms with Crippen molar-refractivity contribution in [1.29, 1.82) is 0 Å². The molecule has 3 rings (SSSR count). The number of hydrogen-bond acceptors (Lipinski definition) is 11. The number of halogens is 3. The van der Waals surface area contributed by atoms with Crippen LogP contribution in [0.2, 0.25) is 0 Å². The van der Waals surface area contributed by atoms with Crippen LogP contribution in [-0.4, -0.2) is 76.4 Å². The summed E-state index contributed by atoms with van der Waals surface area (Å²) in [6, 6.07) is 4.24. The summed E-state index contributed by atoms with van der Waals surface area (Å²) in [4.78, 5) is 48.2. The summed E-state index contributed by atoms with van der Waals surface area (Å²) in [5.41, 5.74) is 14.9. The van der Waals surface area contributed by atoms with Gasteiger partial charge in [-0.3, -0.25) is 9.59 Å². The minimum Gasteiger partial charge on any atom is -0.466 e. The van der Waals surface area contributed by atoms with E-state index in [9.17, 15) is 14.4 Å². The van der Waals surface area contributed by atoms with E-state index < -0.39 is 23.9 Å². The standard InChI is InChI=1S/C27H36Br3N7O5/c1-3-41-22(38)10-9-21(26(40)42-4-2)34-25(39)15-5-7-19(18(30)11-15)33-13-17-6-8-20-23(24(31)36-27(32)35-20)37(17)14-16(29)12-28/h5,7,11,16-17,21,33H,3-4,6,8-10,12-14H2,1-2H3,(H,34,39)(H4,31,32,35,36)/t16?,17?,21-/m0/s1. The molecule has 2 aromatic rings. The predicted molar refractivity (Wildman–Crippen MR) is 173 cm³/mol. The number of esters is 2. The molecule has 1 aliphatic rings. The Morgan fingerprint density at radius 1 is 1.17 bits per heavy atom. The zero-order valence-corrected chi connectivity index (χ0v) is 28.3. The molecule has 0 aliphatic carbocycles. The second kappa shape index (κ2) is 16.3. The van der Waals surface area contributed by atoms with Gasteiger partial charge in [0.1, 0.15) is 11.7 Å². The Labute approximate surface area is 270 Å². The van der Waals surface area contributed by atoms with Crippen LogP contribution in [0.15, 0.2) is 22.7 Å². The zero-order chi connectivity index (χ0) is 30.8. The number of nitrogens with two attached hydrogens (primary N) is 2. The van der Waals surface area contributed by atoms with E-state index in [4.69, 9.17) is 20.9 Å². The van der Waals surface area contributed by atoms with Crippen LogP contribution in [0.5, 0.6) is 0 Å². The van der Waals surface area contributed by atoms with Crippen LogP contribution in [0.25, 0.3) is 0 Å². The lowest BCUT2D eigenvalue weighted by Crippen LogP contribution is -2.47. The van der Waals surface area contributed by atoms with Gasteiger partial charge in [-0.15, -0.1) is 0 Å². The van der Waals surface area contributed by atoms with E-state index in [0.717, 1.165) is 28.8 Å². The third-order valence-corrected chi connectivity index (χ3v) is 9.50. The van der Waals surface area contributed by atoms with Crippen LogP contribution >= 0.6 is 47.8 Å². The fraction of sp³-hybridized carbons (Fsp3) is 0.519. The van der Waals surface area contributed by atoms with Crippen LogP contribution in [0, 0.1) is 0 Å². The fourth-order valence-corrected chi connectivity index (χ4v) is 5.68. The van der Waals surface area contributed by atoms with Gasteiger partial charge >= 0.3 is 11.9 Å². The van der Waals surface area contributed by atoms with E-state index >= 15 is 0 Å². The van der Waals surface area contributed by atoms with Crippen molar-refractivity contribution in [1.82, 2.24) is 15.3 Å². The van der Waals surface area contributed by atoms with Gasteiger partial charge in [-0.25, -0.2) is 9.78 Å². The number of fused-ring (bicyclic) bond motifs is 1. The highest BCUT2D eigenvalue weighted by molar-refractivity contribution is 9.12. The van der Waals surface area contributed by atoms with Crippen molar-refractivity contribution in [3.63, 3.8) is 0 Å². The Morgan fingerprint density at radius 3 is 2.57 bits per heavy atom. The summed E-state index contributed by atoms with van der Waals surface area (Å²) in [7, 11) is 0. The number of carbonyl (C=O) groups excluding carboxylic acids is 3. The fourth-order valence-electron chi connectivity index (χ4n) is 4.64. The summed E-state index contributed by atoms with van der Waals surface area (Å²) in [6.45, 7) is 5.04. The molecule has 0 spiro atoms. The van der Waals surface area contributed by atoms with Crippen LogP contribution < -0.4 is 27.0 Å². The smallest absolute Gasteiger partial charge is 0.328 e. The number of carbonyl (C=O) groups is 3. The number of benzene rings is 1. The minimum absolute atomic E-state index is 0.0244. The summed E-state index contributed by atoms with van der Waals surface area (Å²) in [5, 5.41) is 6.91. The first-order chi connectivity index (χ1) is 20.1. The molecule has 230 valence electrons. The van der Waals surface area contributed by atoms with Gasteiger partial charge in [0.05, 0.1) is 18.9 Å². The molecule has 0 saturated heterocycles. The third-order valence-electron chi connectivity index (χ3n) is 6.58. The number of hydrogen-bond donors (Lipinski definition) is 4. The van der Waals surface area contributed by atoms with Crippen molar-refractivity contribution < 1.29 is 23.9 Å². The van der Waals surface area contributed by atoms with Gasteiger partial charge in [0.15, 0.2) is 5.82 Å². The number of rotatable bonds is 14. The lowest BCUT2D eigenvalue weighted by atomic mass is 9.99. The van der Waals surface area contributed by atoms with Crippen LogP contribution in [0.4, 0.5) is 23.1 Å². The van der Waals surface area contributed by atoms with Crippen molar-refractivity contribution in [2.24, 2.45) is 0 Å². The van der Waals surface area contributed by atoms with Gasteiger partial charge in [0, 0.05) is 51.4 Å². The monoisotopic (exact) mass is 775 g/mol. The first kappa shape index (κ1) is 33.8. The van der Waals surface area contributed by atoms with Gasteiger partial charge in [-0.2, -0.15) is 4.98 Å². The molecule has 1 aromatic heterocycles. The summed E-state index contributed by atoms with van der Waals surface area (Å²) >= 11 is 10.8. The van der Waals surface area contributed by atoms with E-state index in [0.29, 0.717) is 35.4 Å². The SMILES string of the molecule is CCOC(=O)CC[C@H](NC(=O)c1ccc(NCC2CCc3nc(N)nc(N)c3N2CC(Br)CBr)c(Br)c1)C(=O)OCC. The Morgan fingerprint density at radius 2 is 1.90 bits per heavy atom. The number of alkyl halides is 2. The molecule has 1 aliphatic heterocycles. The molecule has 12 nitrogen and oxygen atoms in total. The van der Waals surface area contributed by atoms with Crippen LogP contribution in [0.3, 0.4) is 0 Å². The summed E-state index contributed by atoms with van der Waals surface area (Å²) < 4.78 is 10.7. The molecular formula is C27H36Br3N7O5. The first-order valence-electron chi connectivity index (χ1n) is 13.6. The van der Waals surface area contributed by atoms with Gasteiger partial charge in [-0.05, 0) is 67.2 Å². The van der Waals surface area contributed by atoms with E-state index in [2.05, 4.69) is 73.3 Å². The maximum absolute atomic E-state index is 13.0. The third kappa shape index (κ3) is 9.17. The molecule has 0 saturated carbocycles. The number of nitrogen functional groups attached to an aromatic ring is 2. The van der Waals surface area contributed by atoms with Gasteiger partial charge in [0.25, 0.3) is 5.91 Å². The second-order valence-electron chi connectivity index (χ2n) is 9.56. The summed E-state index contributed by atoms with van der Waals surface area (Å²) in [6.07, 6.45) is 1.59. The Balaban J connectivity index is 1.70. The predicted octanol–water partition coefficient (Wildman–Crippen LogP) is 3.80. The Kier molecular flexibility index (Phi) is 13.1. The molecule has 2 unspecified atom stereocenters. The molecule has 0 fully saturated rings. The molecule has 1 amide bonds. The largest absolute Gasteiger partial charge is 0.466 e. The number of amides is 1. The van der Waals surface area contributed by atoms with Crippen molar-refractivity contribution >= 4 is 88.8 Å². The highest BCUT2D eigenvalue weighted by atomic mass is 79.9. The number of nitrogens with zero attached hydrogens (tertiary/aromatic N) is 3. The number of aromatic nitrogens is 2. The Bertz CT molecular complexity index is 1270. The zero-order valence-electron chi connectivity index (χ0n) is 23.5. The molecule has 42 heavy (non-hydrogen) atoms. The minimum atomic E-state index is -0.983. The van der Waals surface area contributed by atoms with E-state index in [1.165, 1.54) is 0 Å². The van der Waals surface area contributed by atoms with Crippen molar-refractivity contribution in [3.8, 4) is 0 Å². The van der Waals surface area contributed by atoms with E-state index in [1.54, 1.807) is 32.0 Å². The number of ether oxygens (including phenoxy) is 2. The molecule has 6 N–H and O–H groups in total. The second-order valence-corrected chi connectivity index (χ2v) is 12.4.